The van der Waals surface area contributed by atoms with Crippen molar-refractivity contribution >= 4 is 29.0 Å². The van der Waals surface area contributed by atoms with Crippen LogP contribution in [0.25, 0.3) is 16.9 Å². The number of fused-ring (bicyclic) bond motifs is 1. The molecule has 0 saturated carbocycles. The fourth-order valence-electron chi connectivity index (χ4n) is 3.17. The molecule has 1 amide bonds. The molecule has 0 saturated heterocycles. The lowest BCUT2D eigenvalue weighted by Crippen LogP contribution is -2.29. The molecule has 10 heteroatoms. The van der Waals surface area contributed by atoms with E-state index in [4.69, 9.17) is 5.73 Å². The minimum absolute atomic E-state index is 0.149. The minimum Gasteiger partial charge on any atom is -0.507 e. The van der Waals surface area contributed by atoms with E-state index in [2.05, 4.69) is 15.4 Å². The SMILES string of the molecule is CC(C)(O)CNc1cc(Sc2cccc(F)c2)nn2c(-c3ccc(C(N)=O)cc3O)cnc12. The summed E-state index contributed by atoms with van der Waals surface area (Å²) in [6, 6.07) is 12.3. The number of benzene rings is 2. The highest BCUT2D eigenvalue weighted by Gasteiger charge is 2.19. The molecular weight excluding hydrogens is 445 g/mol. The number of hydrogen-bond donors (Lipinski definition) is 4. The van der Waals surface area contributed by atoms with Gasteiger partial charge < -0.3 is 21.3 Å². The molecule has 0 aliphatic heterocycles. The first-order valence-electron chi connectivity index (χ1n) is 10.0. The third-order valence-electron chi connectivity index (χ3n) is 4.73. The zero-order valence-corrected chi connectivity index (χ0v) is 18.7. The molecule has 170 valence electrons. The van der Waals surface area contributed by atoms with Gasteiger partial charge in [-0.1, -0.05) is 17.8 Å². The number of imidazole rings is 1. The summed E-state index contributed by atoms with van der Waals surface area (Å²) in [6.45, 7) is 3.60. The Hall–Kier alpha value is -3.63. The molecule has 33 heavy (non-hydrogen) atoms. The number of nitrogens with one attached hydrogen (secondary N) is 1. The fourth-order valence-corrected chi connectivity index (χ4v) is 4.03. The van der Waals surface area contributed by atoms with E-state index in [0.717, 1.165) is 0 Å². The van der Waals surface area contributed by atoms with Gasteiger partial charge in [0.25, 0.3) is 0 Å². The van der Waals surface area contributed by atoms with Crippen LogP contribution in [0.15, 0.2) is 64.6 Å². The summed E-state index contributed by atoms with van der Waals surface area (Å²) in [7, 11) is 0. The van der Waals surface area contributed by atoms with Crippen molar-refractivity contribution in [3.8, 4) is 17.0 Å². The zero-order chi connectivity index (χ0) is 23.8. The maximum Gasteiger partial charge on any atom is 0.248 e. The van der Waals surface area contributed by atoms with Crippen molar-refractivity contribution in [3.63, 3.8) is 0 Å². The fraction of sp³-hybridized carbons (Fsp3) is 0.174. The molecule has 2 aromatic carbocycles. The molecule has 0 atom stereocenters. The monoisotopic (exact) mass is 467 g/mol. The van der Waals surface area contributed by atoms with Crippen molar-refractivity contribution in [3.05, 3.63) is 66.1 Å². The number of aromatic hydroxyl groups is 1. The largest absolute Gasteiger partial charge is 0.507 e. The highest BCUT2D eigenvalue weighted by Crippen LogP contribution is 2.34. The van der Waals surface area contributed by atoms with E-state index < -0.39 is 11.5 Å². The number of primary amides is 1. The molecular formula is C23H22FN5O3S. The van der Waals surface area contributed by atoms with Gasteiger partial charge in [-0.25, -0.2) is 13.9 Å². The second kappa shape index (κ2) is 8.72. The number of aliphatic hydroxyl groups is 1. The quantitative estimate of drug-likeness (QED) is 0.327. The average Bonchev–Trinajstić information content (AvgIpc) is 3.15. The molecule has 0 bridgehead atoms. The van der Waals surface area contributed by atoms with E-state index in [-0.39, 0.29) is 23.7 Å². The molecule has 0 spiro atoms. The first-order chi connectivity index (χ1) is 15.6. The summed E-state index contributed by atoms with van der Waals surface area (Å²) >= 11 is 1.26. The molecule has 0 fully saturated rings. The number of amides is 1. The lowest BCUT2D eigenvalue weighted by atomic mass is 10.1. The normalized spacial score (nSPS) is 11.6. The van der Waals surface area contributed by atoms with Gasteiger partial charge in [-0.2, -0.15) is 5.10 Å². The number of nitrogens with zero attached hydrogens (tertiary/aromatic N) is 3. The highest BCUT2D eigenvalue weighted by molar-refractivity contribution is 7.99. The van der Waals surface area contributed by atoms with Gasteiger partial charge in [0, 0.05) is 22.6 Å². The summed E-state index contributed by atoms with van der Waals surface area (Å²) in [5.74, 6) is -1.16. The summed E-state index contributed by atoms with van der Waals surface area (Å²) in [6.07, 6.45) is 1.55. The third kappa shape index (κ3) is 5.07. The van der Waals surface area contributed by atoms with Gasteiger partial charge in [0.05, 0.1) is 23.2 Å². The standard InChI is InChI=1S/C23H22FN5O3S/c1-23(2,32)12-27-17-10-20(33-15-5-3-4-14(24)9-15)28-29-18(11-26-22(17)29)16-7-6-13(21(25)31)8-19(16)30/h3-11,27,30,32H,12H2,1-2H3,(H2,25,31). The van der Waals surface area contributed by atoms with Crippen molar-refractivity contribution in [2.45, 2.75) is 29.4 Å². The summed E-state index contributed by atoms with van der Waals surface area (Å²) in [5, 5.41) is 29.0. The maximum atomic E-state index is 13.7. The molecule has 0 aliphatic rings. The topological polar surface area (TPSA) is 126 Å². The number of anilines is 1. The Morgan fingerprint density at radius 1 is 1.24 bits per heavy atom. The number of carbonyl (C=O) groups excluding carboxylic acids is 1. The van der Waals surface area contributed by atoms with Crippen molar-refractivity contribution in [1.29, 1.82) is 0 Å². The Bertz CT molecular complexity index is 1350. The van der Waals surface area contributed by atoms with Crippen molar-refractivity contribution in [2.75, 3.05) is 11.9 Å². The molecule has 2 heterocycles. The van der Waals surface area contributed by atoms with E-state index in [1.807, 2.05) is 0 Å². The van der Waals surface area contributed by atoms with Crippen molar-refractivity contribution < 1.29 is 19.4 Å². The van der Waals surface area contributed by atoms with Crippen LogP contribution < -0.4 is 11.1 Å². The Morgan fingerprint density at radius 2 is 2.03 bits per heavy atom. The summed E-state index contributed by atoms with van der Waals surface area (Å²) in [4.78, 5) is 16.5. The van der Waals surface area contributed by atoms with E-state index in [1.54, 1.807) is 48.8 Å². The van der Waals surface area contributed by atoms with Gasteiger partial charge >= 0.3 is 0 Å². The Morgan fingerprint density at radius 3 is 2.70 bits per heavy atom. The molecule has 4 aromatic rings. The van der Waals surface area contributed by atoms with Crippen LogP contribution in [-0.2, 0) is 0 Å². The van der Waals surface area contributed by atoms with Crippen LogP contribution >= 0.6 is 11.8 Å². The first-order valence-corrected chi connectivity index (χ1v) is 10.8. The van der Waals surface area contributed by atoms with Gasteiger partial charge in [-0.15, -0.1) is 0 Å². The number of halogens is 1. The Labute approximate surface area is 193 Å². The average molecular weight is 468 g/mol. The van der Waals surface area contributed by atoms with Crippen LogP contribution in [0.2, 0.25) is 0 Å². The van der Waals surface area contributed by atoms with Gasteiger partial charge in [0.15, 0.2) is 5.65 Å². The van der Waals surface area contributed by atoms with Crippen LogP contribution in [0.3, 0.4) is 0 Å². The Balaban J connectivity index is 1.83. The summed E-state index contributed by atoms with van der Waals surface area (Å²) in [5.41, 5.74) is 6.45. The lowest BCUT2D eigenvalue weighted by molar-refractivity contribution is 0.0944. The highest BCUT2D eigenvalue weighted by atomic mass is 32.2. The summed E-state index contributed by atoms with van der Waals surface area (Å²) < 4.78 is 15.2. The van der Waals surface area contributed by atoms with Gasteiger partial charge in [0.1, 0.15) is 16.6 Å². The van der Waals surface area contributed by atoms with Crippen molar-refractivity contribution in [2.24, 2.45) is 5.73 Å². The van der Waals surface area contributed by atoms with Crippen LogP contribution in [0.4, 0.5) is 10.1 Å². The first kappa shape index (κ1) is 22.6. The lowest BCUT2D eigenvalue weighted by Gasteiger charge is -2.19. The third-order valence-corrected chi connectivity index (χ3v) is 5.63. The number of carbonyl (C=O) groups is 1. The maximum absolute atomic E-state index is 13.7. The van der Waals surface area contributed by atoms with Gasteiger partial charge in [-0.3, -0.25) is 4.79 Å². The van der Waals surface area contributed by atoms with E-state index in [1.165, 1.54) is 36.0 Å². The van der Waals surface area contributed by atoms with Crippen LogP contribution in [0, 0.1) is 5.82 Å². The van der Waals surface area contributed by atoms with Crippen molar-refractivity contribution in [1.82, 2.24) is 14.6 Å². The second-order valence-electron chi connectivity index (χ2n) is 8.10. The number of phenolic OH excluding ortho intramolecular Hbond substituents is 1. The number of rotatable bonds is 7. The number of aromatic nitrogens is 3. The molecule has 0 unspecified atom stereocenters. The second-order valence-corrected chi connectivity index (χ2v) is 9.19. The minimum atomic E-state index is -0.978. The Kier molecular flexibility index (Phi) is 5.96. The van der Waals surface area contributed by atoms with E-state index in [0.29, 0.717) is 32.5 Å². The van der Waals surface area contributed by atoms with Crippen LogP contribution in [0.5, 0.6) is 5.75 Å². The molecule has 4 rings (SSSR count). The zero-order valence-electron chi connectivity index (χ0n) is 17.9. The molecule has 5 N–H and O–H groups in total. The smallest absolute Gasteiger partial charge is 0.248 e. The number of phenols is 1. The number of nitrogens with two attached hydrogens (primary N) is 1. The number of hydrogen-bond acceptors (Lipinski definition) is 7. The van der Waals surface area contributed by atoms with E-state index >= 15 is 0 Å². The molecule has 8 nitrogen and oxygen atoms in total. The van der Waals surface area contributed by atoms with E-state index in [9.17, 15) is 19.4 Å². The van der Waals surface area contributed by atoms with Crippen LogP contribution in [-0.4, -0.2) is 42.9 Å². The predicted molar refractivity (Wildman–Crippen MR) is 124 cm³/mol. The van der Waals surface area contributed by atoms with Gasteiger partial charge in [-0.05, 0) is 56.3 Å². The molecule has 0 aliphatic carbocycles. The predicted octanol–water partition coefficient (Wildman–Crippen LogP) is 3.67. The van der Waals surface area contributed by atoms with Crippen LogP contribution in [0.1, 0.15) is 24.2 Å². The molecule has 0 radical (unpaired) electrons. The molecule has 2 aromatic heterocycles. The van der Waals surface area contributed by atoms with Gasteiger partial charge in [0.2, 0.25) is 5.91 Å².